The Morgan fingerprint density at radius 1 is 1.32 bits per heavy atom. The molecule has 1 atom stereocenters. The van der Waals surface area contributed by atoms with Gasteiger partial charge in [0, 0.05) is 0 Å². The minimum Gasteiger partial charge on any atom is -0.455 e. The van der Waals surface area contributed by atoms with E-state index in [4.69, 9.17) is 14.2 Å². The first-order valence-corrected chi connectivity index (χ1v) is 6.96. The van der Waals surface area contributed by atoms with Crippen molar-refractivity contribution in [3.05, 3.63) is 48.6 Å². The molecule has 0 N–H and O–H groups in total. The zero-order valence-corrected chi connectivity index (χ0v) is 12.2. The molecule has 104 valence electrons. The highest BCUT2D eigenvalue weighted by Crippen LogP contribution is 2.01. The number of hydrogen-bond donors (Lipinski definition) is 0. The number of halogens is 1. The largest absolute Gasteiger partial charge is 0.455 e. The lowest BCUT2D eigenvalue weighted by Crippen LogP contribution is -2.22. The summed E-state index contributed by atoms with van der Waals surface area (Å²) in [6.45, 7) is 4.45. The molecule has 0 saturated carbocycles. The molecule has 1 aromatic rings. The van der Waals surface area contributed by atoms with Gasteiger partial charge in [-0.2, -0.15) is 0 Å². The molecule has 0 heterocycles. The zero-order chi connectivity index (χ0) is 13.9. The van der Waals surface area contributed by atoms with Crippen LogP contribution in [0.25, 0.3) is 0 Å². The van der Waals surface area contributed by atoms with E-state index in [1.807, 2.05) is 30.3 Å². The predicted molar refractivity (Wildman–Crippen MR) is 75.9 cm³/mol. The van der Waals surface area contributed by atoms with E-state index in [1.165, 1.54) is 6.08 Å². The maximum Gasteiger partial charge on any atom is 0.317 e. The van der Waals surface area contributed by atoms with Gasteiger partial charge in [0.2, 0.25) is 0 Å². The van der Waals surface area contributed by atoms with Gasteiger partial charge in [-0.25, -0.2) is 0 Å². The van der Waals surface area contributed by atoms with Crippen molar-refractivity contribution in [1.82, 2.24) is 0 Å². The number of benzene rings is 1. The van der Waals surface area contributed by atoms with Gasteiger partial charge in [-0.3, -0.25) is 4.79 Å². The summed E-state index contributed by atoms with van der Waals surface area (Å²) >= 11 is 3.02. The molecule has 0 amide bonds. The Bertz CT molecular complexity index is 380. The van der Waals surface area contributed by atoms with E-state index in [1.54, 1.807) is 0 Å². The molecule has 1 rings (SSSR count). The van der Waals surface area contributed by atoms with E-state index >= 15 is 0 Å². The van der Waals surface area contributed by atoms with Crippen LogP contribution in [0.4, 0.5) is 0 Å². The molecule has 4 nitrogen and oxygen atoms in total. The van der Waals surface area contributed by atoms with E-state index in [2.05, 4.69) is 22.5 Å². The number of rotatable bonds is 9. The molecule has 0 aromatic heterocycles. The third kappa shape index (κ3) is 7.10. The first-order chi connectivity index (χ1) is 9.26. The second kappa shape index (κ2) is 9.72. The van der Waals surface area contributed by atoms with Gasteiger partial charge >= 0.3 is 5.97 Å². The Hall–Kier alpha value is -1.17. The van der Waals surface area contributed by atoms with Gasteiger partial charge < -0.3 is 14.2 Å². The summed E-state index contributed by atoms with van der Waals surface area (Å²) < 4.78 is 15.6. The van der Waals surface area contributed by atoms with Crippen molar-refractivity contribution in [2.75, 3.05) is 18.7 Å². The second-order valence-corrected chi connectivity index (χ2v) is 4.28. The molecule has 0 aliphatic rings. The van der Waals surface area contributed by atoms with Crippen molar-refractivity contribution in [1.29, 1.82) is 0 Å². The van der Waals surface area contributed by atoms with Gasteiger partial charge in [-0.15, -0.1) is 0 Å². The fraction of sp³-hybridized carbons (Fsp3) is 0.357. The Kier molecular flexibility index (Phi) is 8.13. The number of carbonyl (C=O) groups is 1. The number of carbonyl (C=O) groups excluding carboxylic acids is 1. The quantitative estimate of drug-likeness (QED) is 0.230. The maximum absolute atomic E-state index is 11.1. The SMILES string of the molecule is C=CC(COCOCc1ccccc1)OC(=O)CBr. The van der Waals surface area contributed by atoms with Gasteiger partial charge in [-0.05, 0) is 11.6 Å². The first kappa shape index (κ1) is 15.9. The number of hydrogen-bond acceptors (Lipinski definition) is 4. The van der Waals surface area contributed by atoms with Crippen LogP contribution in [0.5, 0.6) is 0 Å². The van der Waals surface area contributed by atoms with Crippen molar-refractivity contribution < 1.29 is 19.0 Å². The topological polar surface area (TPSA) is 44.8 Å². The fourth-order valence-electron chi connectivity index (χ4n) is 1.31. The summed E-state index contributed by atoms with van der Waals surface area (Å²) in [6, 6.07) is 9.81. The van der Waals surface area contributed by atoms with Crippen molar-refractivity contribution in [2.45, 2.75) is 12.7 Å². The summed E-state index contributed by atoms with van der Waals surface area (Å²) in [5.74, 6) is -0.348. The summed E-state index contributed by atoms with van der Waals surface area (Å²) in [4.78, 5) is 11.1. The standard InChI is InChI=1S/C14H17BrO4/c1-2-13(19-14(16)8-15)10-18-11-17-9-12-6-4-3-5-7-12/h2-7,13H,1,8-11H2. The lowest BCUT2D eigenvalue weighted by Gasteiger charge is -2.13. The minimum atomic E-state index is -0.453. The Morgan fingerprint density at radius 2 is 2.05 bits per heavy atom. The Balaban J connectivity index is 2.12. The van der Waals surface area contributed by atoms with Crippen molar-refractivity contribution in [2.24, 2.45) is 0 Å². The van der Waals surface area contributed by atoms with Crippen LogP contribution in [-0.4, -0.2) is 30.8 Å². The van der Waals surface area contributed by atoms with Crippen LogP contribution >= 0.6 is 15.9 Å². The number of ether oxygens (including phenoxy) is 3. The van der Waals surface area contributed by atoms with Crippen LogP contribution in [0.15, 0.2) is 43.0 Å². The van der Waals surface area contributed by atoms with Crippen LogP contribution in [0.2, 0.25) is 0 Å². The zero-order valence-electron chi connectivity index (χ0n) is 10.6. The molecule has 0 bridgehead atoms. The predicted octanol–water partition coefficient (Wildman–Crippen LogP) is 2.67. The van der Waals surface area contributed by atoms with Gasteiger partial charge in [0.05, 0.1) is 13.2 Å². The summed E-state index contributed by atoms with van der Waals surface area (Å²) in [6.07, 6.45) is 1.07. The minimum absolute atomic E-state index is 0.144. The first-order valence-electron chi connectivity index (χ1n) is 5.83. The second-order valence-electron chi connectivity index (χ2n) is 3.72. The highest BCUT2D eigenvalue weighted by Gasteiger charge is 2.09. The monoisotopic (exact) mass is 328 g/mol. The summed E-state index contributed by atoms with van der Waals surface area (Å²) in [7, 11) is 0. The van der Waals surface area contributed by atoms with Crippen LogP contribution in [0.1, 0.15) is 5.56 Å². The highest BCUT2D eigenvalue weighted by molar-refractivity contribution is 9.09. The molecule has 5 heteroatoms. The molecular weight excluding hydrogens is 312 g/mol. The smallest absolute Gasteiger partial charge is 0.317 e. The lowest BCUT2D eigenvalue weighted by molar-refractivity contribution is -0.149. The summed E-state index contributed by atoms with van der Waals surface area (Å²) in [5.41, 5.74) is 1.08. The number of alkyl halides is 1. The van der Waals surface area contributed by atoms with E-state index in [-0.39, 0.29) is 24.7 Å². The molecule has 1 unspecified atom stereocenters. The van der Waals surface area contributed by atoms with E-state index in [0.29, 0.717) is 6.61 Å². The number of esters is 1. The molecule has 0 aliphatic heterocycles. The highest BCUT2D eigenvalue weighted by atomic mass is 79.9. The van der Waals surface area contributed by atoms with Crippen molar-refractivity contribution in [3.63, 3.8) is 0 Å². The molecule has 1 aromatic carbocycles. The summed E-state index contributed by atoms with van der Waals surface area (Å²) in [5, 5.41) is 0.155. The third-order valence-electron chi connectivity index (χ3n) is 2.22. The Morgan fingerprint density at radius 3 is 2.68 bits per heavy atom. The van der Waals surface area contributed by atoms with Crippen LogP contribution < -0.4 is 0 Å². The molecule has 0 aliphatic carbocycles. The van der Waals surface area contributed by atoms with Gasteiger partial charge in [0.15, 0.2) is 0 Å². The van der Waals surface area contributed by atoms with Crippen LogP contribution in [0.3, 0.4) is 0 Å². The maximum atomic E-state index is 11.1. The lowest BCUT2D eigenvalue weighted by atomic mass is 10.2. The average Bonchev–Trinajstić information content (AvgIpc) is 2.46. The van der Waals surface area contributed by atoms with Gasteiger partial charge in [0.25, 0.3) is 0 Å². The molecular formula is C14H17BrO4. The van der Waals surface area contributed by atoms with E-state index < -0.39 is 6.10 Å². The Labute approximate surface area is 121 Å². The van der Waals surface area contributed by atoms with Crippen molar-refractivity contribution in [3.8, 4) is 0 Å². The van der Waals surface area contributed by atoms with Gasteiger partial charge in [-0.1, -0.05) is 52.8 Å². The fourth-order valence-corrected chi connectivity index (χ4v) is 1.44. The average molecular weight is 329 g/mol. The van der Waals surface area contributed by atoms with Crippen molar-refractivity contribution >= 4 is 21.9 Å². The van der Waals surface area contributed by atoms with Gasteiger partial charge in [0.1, 0.15) is 18.2 Å². The molecule has 0 radical (unpaired) electrons. The van der Waals surface area contributed by atoms with Crippen LogP contribution in [-0.2, 0) is 25.6 Å². The van der Waals surface area contributed by atoms with E-state index in [0.717, 1.165) is 5.56 Å². The third-order valence-corrected chi connectivity index (χ3v) is 2.67. The van der Waals surface area contributed by atoms with Crippen LogP contribution in [0, 0.1) is 0 Å². The molecule has 0 saturated heterocycles. The molecule has 0 fully saturated rings. The van der Waals surface area contributed by atoms with E-state index in [9.17, 15) is 4.79 Å². The normalized spacial score (nSPS) is 11.8. The molecule has 19 heavy (non-hydrogen) atoms. The molecule has 0 spiro atoms.